The van der Waals surface area contributed by atoms with Crippen LogP contribution < -0.4 is 0 Å². The number of rotatable bonds is 2. The molecule has 0 spiro atoms. The first-order valence-corrected chi connectivity index (χ1v) is 5.87. The monoisotopic (exact) mass is 282 g/mol. The maximum Gasteiger partial charge on any atom is 0.328 e. The first-order chi connectivity index (χ1) is 7.18. The van der Waals surface area contributed by atoms with E-state index in [4.69, 9.17) is 5.11 Å². The Morgan fingerprint density at radius 3 is 2.80 bits per heavy atom. The molecule has 2 nitrogen and oxygen atoms in total. The predicted octanol–water partition coefficient (Wildman–Crippen LogP) is 3.76. The van der Waals surface area contributed by atoms with Crippen LogP contribution in [0.15, 0.2) is 34.8 Å². The number of carbonyl (C=O) groups is 1. The van der Waals surface area contributed by atoms with Crippen molar-refractivity contribution in [2.75, 3.05) is 0 Å². The van der Waals surface area contributed by atoms with Crippen LogP contribution in [0.3, 0.4) is 0 Å². The summed E-state index contributed by atoms with van der Waals surface area (Å²) in [5.74, 6) is -0.931. The summed E-state index contributed by atoms with van der Waals surface area (Å²) in [4.78, 5) is 11.3. The Morgan fingerprint density at radius 1 is 1.40 bits per heavy atom. The fraction of sp³-hybridized carbons (Fsp3) is 0. The van der Waals surface area contributed by atoms with Crippen molar-refractivity contribution in [3.8, 4) is 0 Å². The van der Waals surface area contributed by atoms with Gasteiger partial charge in [-0.15, -0.1) is 11.3 Å². The molecule has 0 aliphatic carbocycles. The number of halogens is 1. The molecular weight excluding hydrogens is 276 g/mol. The van der Waals surface area contributed by atoms with Gasteiger partial charge in [-0.3, -0.25) is 0 Å². The van der Waals surface area contributed by atoms with Gasteiger partial charge in [0.2, 0.25) is 0 Å². The second kappa shape index (κ2) is 4.16. The normalized spacial score (nSPS) is 11.3. The van der Waals surface area contributed by atoms with Crippen LogP contribution in [0.2, 0.25) is 0 Å². The van der Waals surface area contributed by atoms with Gasteiger partial charge in [0.1, 0.15) is 0 Å². The van der Waals surface area contributed by atoms with Crippen LogP contribution in [0.5, 0.6) is 0 Å². The number of carboxylic acid groups (broad SMARTS) is 1. The van der Waals surface area contributed by atoms with Crippen molar-refractivity contribution in [3.63, 3.8) is 0 Å². The molecule has 15 heavy (non-hydrogen) atoms. The molecule has 2 aromatic rings. The van der Waals surface area contributed by atoms with Gasteiger partial charge in [-0.25, -0.2) is 4.79 Å². The standard InChI is InChI=1S/C11H7BrO2S/c12-11-7-3-1-2-4-8(7)15-9(11)5-6-10(13)14/h1-6H,(H,13,14). The average molecular weight is 283 g/mol. The van der Waals surface area contributed by atoms with E-state index in [1.165, 1.54) is 0 Å². The topological polar surface area (TPSA) is 37.3 Å². The van der Waals surface area contributed by atoms with Crippen molar-refractivity contribution in [1.29, 1.82) is 0 Å². The smallest absolute Gasteiger partial charge is 0.328 e. The first-order valence-electron chi connectivity index (χ1n) is 4.26. The molecule has 0 bridgehead atoms. The van der Waals surface area contributed by atoms with Crippen molar-refractivity contribution >= 4 is 49.4 Å². The third-order valence-corrected chi connectivity index (χ3v) is 4.19. The molecule has 0 aliphatic heterocycles. The van der Waals surface area contributed by atoms with Crippen molar-refractivity contribution in [1.82, 2.24) is 0 Å². The first kappa shape index (κ1) is 10.4. The lowest BCUT2D eigenvalue weighted by Crippen LogP contribution is -1.84. The third-order valence-electron chi connectivity index (χ3n) is 1.94. The maximum atomic E-state index is 10.4. The van der Waals surface area contributed by atoms with Crippen LogP contribution in [-0.4, -0.2) is 11.1 Å². The molecule has 1 heterocycles. The van der Waals surface area contributed by atoms with E-state index < -0.39 is 5.97 Å². The lowest BCUT2D eigenvalue weighted by atomic mass is 10.2. The average Bonchev–Trinajstić information content (AvgIpc) is 2.54. The van der Waals surface area contributed by atoms with Crippen LogP contribution in [0.1, 0.15) is 4.88 Å². The van der Waals surface area contributed by atoms with Gasteiger partial charge in [-0.1, -0.05) is 18.2 Å². The molecule has 76 valence electrons. The van der Waals surface area contributed by atoms with Crippen molar-refractivity contribution in [2.45, 2.75) is 0 Å². The molecule has 0 radical (unpaired) electrons. The summed E-state index contributed by atoms with van der Waals surface area (Å²) in [7, 11) is 0. The quantitative estimate of drug-likeness (QED) is 0.852. The molecule has 1 N–H and O–H groups in total. The summed E-state index contributed by atoms with van der Waals surface area (Å²) in [6.07, 6.45) is 2.76. The van der Waals surface area contributed by atoms with Gasteiger partial charge in [-0.05, 0) is 28.1 Å². The Balaban J connectivity index is 2.53. The number of fused-ring (bicyclic) bond motifs is 1. The van der Waals surface area contributed by atoms with E-state index in [1.807, 2.05) is 24.3 Å². The summed E-state index contributed by atoms with van der Waals surface area (Å²) in [6, 6.07) is 7.96. The Bertz CT molecular complexity index is 543. The largest absolute Gasteiger partial charge is 0.478 e. The minimum atomic E-state index is -0.931. The molecule has 1 aromatic carbocycles. The van der Waals surface area contributed by atoms with Gasteiger partial charge in [-0.2, -0.15) is 0 Å². The summed E-state index contributed by atoms with van der Waals surface area (Å²) >= 11 is 5.04. The zero-order chi connectivity index (χ0) is 10.8. The maximum absolute atomic E-state index is 10.4. The number of benzene rings is 1. The lowest BCUT2D eigenvalue weighted by Gasteiger charge is -1.88. The predicted molar refractivity (Wildman–Crippen MR) is 66.2 cm³/mol. The SMILES string of the molecule is O=C(O)C=Cc1sc2ccccc2c1Br. The summed E-state index contributed by atoms with van der Waals surface area (Å²) in [5.41, 5.74) is 0. The van der Waals surface area contributed by atoms with E-state index in [2.05, 4.69) is 15.9 Å². The van der Waals surface area contributed by atoms with Gasteiger partial charge in [0, 0.05) is 25.5 Å². The fourth-order valence-electron chi connectivity index (χ4n) is 1.29. The highest BCUT2D eigenvalue weighted by Gasteiger charge is 2.06. The second-order valence-electron chi connectivity index (χ2n) is 2.95. The van der Waals surface area contributed by atoms with E-state index in [-0.39, 0.29) is 0 Å². The summed E-state index contributed by atoms with van der Waals surface area (Å²) in [6.45, 7) is 0. The number of thiophene rings is 1. The van der Waals surface area contributed by atoms with Crippen molar-refractivity contribution in [2.24, 2.45) is 0 Å². The minimum Gasteiger partial charge on any atom is -0.478 e. The third kappa shape index (κ3) is 2.11. The molecule has 1 aromatic heterocycles. The fourth-order valence-corrected chi connectivity index (χ4v) is 3.14. The van der Waals surface area contributed by atoms with E-state index >= 15 is 0 Å². The molecule has 4 heteroatoms. The molecular formula is C11H7BrO2S. The van der Waals surface area contributed by atoms with Crippen LogP contribution >= 0.6 is 27.3 Å². The van der Waals surface area contributed by atoms with Crippen LogP contribution in [-0.2, 0) is 4.79 Å². The van der Waals surface area contributed by atoms with Gasteiger partial charge >= 0.3 is 5.97 Å². The highest BCUT2D eigenvalue weighted by Crippen LogP contribution is 2.36. The van der Waals surface area contributed by atoms with E-state index in [9.17, 15) is 4.79 Å². The van der Waals surface area contributed by atoms with E-state index in [1.54, 1.807) is 17.4 Å². The van der Waals surface area contributed by atoms with Gasteiger partial charge in [0.05, 0.1) is 0 Å². The van der Waals surface area contributed by atoms with Crippen LogP contribution in [0, 0.1) is 0 Å². The Hall–Kier alpha value is -1.13. The van der Waals surface area contributed by atoms with Crippen molar-refractivity contribution < 1.29 is 9.90 Å². The number of hydrogen-bond donors (Lipinski definition) is 1. The number of carboxylic acids is 1. The van der Waals surface area contributed by atoms with Gasteiger partial charge < -0.3 is 5.11 Å². The molecule has 0 amide bonds. The molecule has 0 saturated carbocycles. The Kier molecular flexibility index (Phi) is 2.88. The van der Waals surface area contributed by atoms with Crippen molar-refractivity contribution in [3.05, 3.63) is 39.7 Å². The van der Waals surface area contributed by atoms with Gasteiger partial charge in [0.15, 0.2) is 0 Å². The molecule has 0 atom stereocenters. The Labute approximate surface area is 99.0 Å². The second-order valence-corrected chi connectivity index (χ2v) is 4.82. The molecule has 0 saturated heterocycles. The minimum absolute atomic E-state index is 0.929. The Morgan fingerprint density at radius 2 is 2.13 bits per heavy atom. The summed E-state index contributed by atoms with van der Waals surface area (Å²) < 4.78 is 2.11. The lowest BCUT2D eigenvalue weighted by molar-refractivity contribution is -0.131. The number of hydrogen-bond acceptors (Lipinski definition) is 2. The molecule has 2 rings (SSSR count). The molecule has 0 aliphatic rings. The zero-order valence-corrected chi connectivity index (χ0v) is 10.0. The van der Waals surface area contributed by atoms with E-state index in [0.29, 0.717) is 0 Å². The zero-order valence-electron chi connectivity index (χ0n) is 7.61. The van der Waals surface area contributed by atoms with E-state index in [0.717, 1.165) is 25.5 Å². The van der Waals surface area contributed by atoms with Crippen LogP contribution in [0.25, 0.3) is 16.2 Å². The van der Waals surface area contributed by atoms with Gasteiger partial charge in [0.25, 0.3) is 0 Å². The number of aliphatic carboxylic acids is 1. The highest BCUT2D eigenvalue weighted by atomic mass is 79.9. The molecule has 0 unspecified atom stereocenters. The summed E-state index contributed by atoms with van der Waals surface area (Å²) in [5, 5.41) is 9.66. The highest BCUT2D eigenvalue weighted by molar-refractivity contribution is 9.10. The molecule has 0 fully saturated rings. The van der Waals surface area contributed by atoms with Crippen LogP contribution in [0.4, 0.5) is 0 Å².